The zero-order valence-electron chi connectivity index (χ0n) is 17.7. The molecule has 0 radical (unpaired) electrons. The van der Waals surface area contributed by atoms with E-state index in [-0.39, 0.29) is 22.8 Å². The zero-order valence-corrected chi connectivity index (χ0v) is 21.0. The summed E-state index contributed by atoms with van der Waals surface area (Å²) in [4.78, 5) is 16.1. The monoisotopic (exact) mass is 487 g/mol. The summed E-state index contributed by atoms with van der Waals surface area (Å²) >= 11 is 9.92. The van der Waals surface area contributed by atoms with Crippen LogP contribution in [-0.4, -0.2) is 31.8 Å². The number of nitrogens with two attached hydrogens (primary N) is 1. The van der Waals surface area contributed by atoms with Gasteiger partial charge in [0.1, 0.15) is 12.0 Å². The van der Waals surface area contributed by atoms with E-state index in [9.17, 15) is 4.79 Å². The van der Waals surface area contributed by atoms with Crippen molar-refractivity contribution in [3.8, 4) is 0 Å². The van der Waals surface area contributed by atoms with Crippen LogP contribution in [0.2, 0.25) is 0 Å². The Balaban J connectivity index is 1.48. The second-order valence-corrected chi connectivity index (χ2v) is 19.6. The van der Waals surface area contributed by atoms with Gasteiger partial charge in [-0.05, 0) is 63.3 Å². The van der Waals surface area contributed by atoms with Gasteiger partial charge in [-0.3, -0.25) is 4.57 Å². The van der Waals surface area contributed by atoms with E-state index in [0.29, 0.717) is 17.6 Å². The minimum absolute atomic E-state index is 0.0842. The average molecular weight is 488 g/mol. The molecule has 30 heavy (non-hydrogen) atoms. The molecule has 0 bridgehead atoms. The summed E-state index contributed by atoms with van der Waals surface area (Å²) in [6.45, 7) is 10.8. The minimum Gasteiger partial charge on any atom is -0.383 e. The summed E-state index contributed by atoms with van der Waals surface area (Å²) in [5, 5.41) is 0.505. The highest BCUT2D eigenvalue weighted by Crippen LogP contribution is 2.84. The van der Waals surface area contributed by atoms with Crippen LogP contribution in [-0.2, 0) is 21.1 Å². The summed E-state index contributed by atoms with van der Waals surface area (Å²) in [5.41, 5.74) is 6.51. The molecule has 1 aromatic heterocycles. The molecule has 3 heterocycles. The Morgan fingerprint density at radius 3 is 3.00 bits per heavy atom. The van der Waals surface area contributed by atoms with Crippen molar-refractivity contribution in [2.75, 3.05) is 5.73 Å². The van der Waals surface area contributed by atoms with E-state index >= 15 is 0 Å². The van der Waals surface area contributed by atoms with E-state index in [1.54, 1.807) is 12.3 Å². The molecule has 1 saturated carbocycles. The third-order valence-electron chi connectivity index (χ3n) is 6.45. The van der Waals surface area contributed by atoms with E-state index < -0.39 is 16.6 Å². The molecular weight excluding hydrogens is 457 g/mol. The number of allylic oxidation sites excluding steroid dienone is 1. The van der Waals surface area contributed by atoms with Gasteiger partial charge >= 0.3 is 5.69 Å². The smallest absolute Gasteiger partial charge is 0.351 e. The standard InChI is InChI=1S/C20H30N3O3PS3/c1-5-14-15(11-18(25-14)23-9-7-17(21)22-19(23)24)26-27(28)29-16-10-13(12(2)3)6-8-20(16,4)30-27/h7,9,13-16,18H,2,5-6,8,10-11H2,1,3-4H3,(H2,21,22,24)/t13-,14-,15+,16+,18-,20+,27+/m1/s1. The van der Waals surface area contributed by atoms with Crippen molar-refractivity contribution < 1.29 is 9.26 Å². The van der Waals surface area contributed by atoms with Crippen LogP contribution in [0.5, 0.6) is 0 Å². The second kappa shape index (κ2) is 8.56. The number of nitrogen functional groups attached to an aromatic ring is 1. The van der Waals surface area contributed by atoms with E-state index in [2.05, 4.69) is 32.3 Å². The normalized spacial score (nSPS) is 41.0. The van der Waals surface area contributed by atoms with Crippen LogP contribution in [0.25, 0.3) is 0 Å². The molecule has 4 rings (SSSR count). The molecule has 2 aliphatic heterocycles. The van der Waals surface area contributed by atoms with Gasteiger partial charge in [0.05, 0.1) is 12.2 Å². The first-order valence-corrected chi connectivity index (χ1v) is 16.1. The van der Waals surface area contributed by atoms with Gasteiger partial charge in [0.25, 0.3) is 0 Å². The molecule has 2 N–H and O–H groups in total. The van der Waals surface area contributed by atoms with Crippen LogP contribution < -0.4 is 11.4 Å². The zero-order chi connectivity index (χ0) is 21.7. The second-order valence-electron chi connectivity index (χ2n) is 8.72. The number of ether oxygens (including phenoxy) is 1. The van der Waals surface area contributed by atoms with Crippen molar-refractivity contribution in [2.24, 2.45) is 5.92 Å². The number of anilines is 1. The fraction of sp³-hybridized carbons (Fsp3) is 0.700. The Kier molecular flexibility index (Phi) is 6.53. The highest BCUT2D eigenvalue weighted by Gasteiger charge is 2.54. The minimum atomic E-state index is -2.10. The molecule has 10 heteroatoms. The Morgan fingerprint density at radius 2 is 2.33 bits per heavy atom. The van der Waals surface area contributed by atoms with Crippen LogP contribution in [0.4, 0.5) is 5.82 Å². The van der Waals surface area contributed by atoms with Crippen LogP contribution in [0, 0.1) is 5.92 Å². The van der Waals surface area contributed by atoms with Gasteiger partial charge in [0.2, 0.25) is 0 Å². The van der Waals surface area contributed by atoms with E-state index in [0.717, 1.165) is 19.3 Å². The molecule has 166 valence electrons. The van der Waals surface area contributed by atoms with Gasteiger partial charge in [-0.1, -0.05) is 41.8 Å². The molecule has 3 fully saturated rings. The predicted octanol–water partition coefficient (Wildman–Crippen LogP) is 5.12. The Hall–Kier alpha value is -0.310. The van der Waals surface area contributed by atoms with Crippen LogP contribution in [0.15, 0.2) is 29.2 Å². The molecule has 2 saturated heterocycles. The highest BCUT2D eigenvalue weighted by atomic mass is 33.2. The van der Waals surface area contributed by atoms with Gasteiger partial charge in [0.15, 0.2) is 4.67 Å². The SMILES string of the molecule is C=C(C)[C@@H]1CC[C@]2(C)S[P@](=S)(O[C@H]3C[C@H](n4ccc(N)nc4=O)O[C@@H]3CC)S[C@H]2C1. The van der Waals surface area contributed by atoms with Crippen LogP contribution in [0.3, 0.4) is 0 Å². The lowest BCUT2D eigenvalue weighted by Gasteiger charge is -2.38. The Bertz CT molecular complexity index is 941. The van der Waals surface area contributed by atoms with Crippen molar-refractivity contribution >= 4 is 45.1 Å². The summed E-state index contributed by atoms with van der Waals surface area (Å²) in [7, 11) is 0. The molecule has 0 amide bonds. The molecule has 0 unspecified atom stereocenters. The first kappa shape index (κ1) is 22.9. The van der Waals surface area contributed by atoms with Crippen LogP contribution >= 0.6 is 27.4 Å². The fourth-order valence-corrected chi connectivity index (χ4v) is 18.7. The molecule has 0 aromatic carbocycles. The molecule has 1 aliphatic carbocycles. The first-order valence-electron chi connectivity index (χ1n) is 10.5. The maximum absolute atomic E-state index is 12.3. The topological polar surface area (TPSA) is 79.4 Å². The van der Waals surface area contributed by atoms with Gasteiger partial charge in [-0.25, -0.2) is 4.79 Å². The number of hydrogen-bond donors (Lipinski definition) is 1. The lowest BCUT2D eigenvalue weighted by Crippen LogP contribution is -2.36. The van der Waals surface area contributed by atoms with E-state index in [1.165, 1.54) is 16.6 Å². The summed E-state index contributed by atoms with van der Waals surface area (Å²) < 4.78 is 12.4. The quantitative estimate of drug-likeness (QED) is 0.453. The number of fused-ring (bicyclic) bond motifs is 1. The van der Waals surface area contributed by atoms with Gasteiger partial charge in [0, 0.05) is 22.6 Å². The summed E-state index contributed by atoms with van der Waals surface area (Å²) in [6, 6.07) is 1.62. The van der Waals surface area contributed by atoms with Crippen molar-refractivity contribution in [3.63, 3.8) is 0 Å². The number of rotatable bonds is 5. The fourth-order valence-electron chi connectivity index (χ4n) is 4.59. The molecule has 7 atom stereocenters. The van der Waals surface area contributed by atoms with Gasteiger partial charge in [-0.15, -0.1) is 0 Å². The van der Waals surface area contributed by atoms with E-state index in [4.69, 9.17) is 26.8 Å². The van der Waals surface area contributed by atoms with Crippen LogP contribution in [0.1, 0.15) is 59.1 Å². The lowest BCUT2D eigenvalue weighted by molar-refractivity contribution is -0.0162. The molecule has 3 aliphatic rings. The maximum Gasteiger partial charge on any atom is 0.351 e. The molecule has 1 aromatic rings. The highest BCUT2D eigenvalue weighted by molar-refractivity contribution is 9.01. The number of nitrogens with zero attached hydrogens (tertiary/aromatic N) is 2. The van der Waals surface area contributed by atoms with Crippen molar-refractivity contribution in [1.82, 2.24) is 9.55 Å². The third kappa shape index (κ3) is 4.44. The Morgan fingerprint density at radius 1 is 1.57 bits per heavy atom. The summed E-state index contributed by atoms with van der Waals surface area (Å²) in [5.74, 6) is 0.803. The van der Waals surface area contributed by atoms with E-state index in [1.807, 2.05) is 22.8 Å². The van der Waals surface area contributed by atoms with Gasteiger partial charge < -0.3 is 15.0 Å². The maximum atomic E-state index is 12.3. The average Bonchev–Trinajstić information content (AvgIpc) is 3.17. The first-order chi connectivity index (χ1) is 14.1. The van der Waals surface area contributed by atoms with Crippen molar-refractivity contribution in [1.29, 1.82) is 0 Å². The number of aromatic nitrogens is 2. The molecule has 0 spiro atoms. The lowest BCUT2D eigenvalue weighted by atomic mass is 9.79. The van der Waals surface area contributed by atoms with Gasteiger partial charge in [-0.2, -0.15) is 4.98 Å². The number of hydrogen-bond acceptors (Lipinski definition) is 8. The molecular formula is C20H30N3O3PS3. The largest absolute Gasteiger partial charge is 0.383 e. The Labute approximate surface area is 191 Å². The summed E-state index contributed by atoms with van der Waals surface area (Å²) in [6.07, 6.45) is 5.93. The van der Waals surface area contributed by atoms with Crippen molar-refractivity contribution in [2.45, 2.75) is 81.3 Å². The molecule has 6 nitrogen and oxygen atoms in total. The van der Waals surface area contributed by atoms with Crippen molar-refractivity contribution in [3.05, 3.63) is 34.9 Å². The predicted molar refractivity (Wildman–Crippen MR) is 130 cm³/mol. The third-order valence-corrected chi connectivity index (χ3v) is 16.6.